The van der Waals surface area contributed by atoms with Gasteiger partial charge in [-0.2, -0.15) is 0 Å². The van der Waals surface area contributed by atoms with E-state index in [9.17, 15) is 19.2 Å². The maximum atomic E-state index is 11.5. The number of rotatable bonds is 2. The third-order valence-electron chi connectivity index (χ3n) is 4.42. The Morgan fingerprint density at radius 2 is 0.955 bits per heavy atom. The molecule has 8 nitrogen and oxygen atoms in total. The van der Waals surface area contributed by atoms with Crippen molar-refractivity contribution in [3.63, 3.8) is 0 Å². The molecule has 120 valence electrons. The molecule has 3 aliphatic rings. The number of carbonyl (C=O) groups is 4. The van der Waals surface area contributed by atoms with E-state index in [1.54, 1.807) is 0 Å². The molecule has 0 radical (unpaired) electrons. The molecule has 0 aromatic rings. The number of hydrogen-bond acceptors (Lipinski definition) is 8. The lowest BCUT2D eigenvalue weighted by molar-refractivity contribution is -0.174. The van der Waals surface area contributed by atoms with Crippen molar-refractivity contribution in [2.24, 2.45) is 0 Å². The van der Waals surface area contributed by atoms with Crippen LogP contribution in [0.1, 0.15) is 25.7 Å². The second-order valence-electron chi connectivity index (χ2n) is 5.92. The van der Waals surface area contributed by atoms with E-state index in [4.69, 9.17) is 0 Å². The fourth-order valence-electron chi connectivity index (χ4n) is 3.57. The van der Waals surface area contributed by atoms with Gasteiger partial charge in [0, 0.05) is 12.1 Å². The summed E-state index contributed by atoms with van der Waals surface area (Å²) in [6.07, 6.45) is 3.64. The standard InChI is InChI=1S/C14H18N2O6/c17-11-5-15(6-12(18)21-11)9-3-1-2-4-10(9)16-7-13(19)22-14(20)8-16/h9-10H,1-8H2/t9-,10-/m0/s1. The van der Waals surface area contributed by atoms with Gasteiger partial charge in [-0.25, -0.2) is 0 Å². The van der Waals surface area contributed by atoms with Gasteiger partial charge in [-0.3, -0.25) is 29.0 Å². The minimum absolute atomic E-state index is 0.0377. The van der Waals surface area contributed by atoms with Crippen LogP contribution in [0.15, 0.2) is 0 Å². The average Bonchev–Trinajstić information content (AvgIpc) is 2.45. The van der Waals surface area contributed by atoms with Gasteiger partial charge in [0.1, 0.15) is 0 Å². The number of carbonyl (C=O) groups excluding carboxylic acids is 4. The second-order valence-corrected chi connectivity index (χ2v) is 5.92. The van der Waals surface area contributed by atoms with E-state index in [0.29, 0.717) is 0 Å². The van der Waals surface area contributed by atoms with Gasteiger partial charge in [0.25, 0.3) is 0 Å². The van der Waals surface area contributed by atoms with Gasteiger partial charge in [0.2, 0.25) is 0 Å². The first-order valence-corrected chi connectivity index (χ1v) is 7.48. The SMILES string of the molecule is O=C1CN([C@H]2CCCC[C@@H]2N2CC(=O)OC(=O)C2)CC(=O)O1. The molecular formula is C14H18N2O6. The molecule has 3 rings (SSSR count). The van der Waals surface area contributed by atoms with Crippen LogP contribution in [-0.4, -0.2) is 71.9 Å². The van der Waals surface area contributed by atoms with E-state index >= 15 is 0 Å². The van der Waals surface area contributed by atoms with E-state index in [2.05, 4.69) is 9.47 Å². The van der Waals surface area contributed by atoms with Crippen molar-refractivity contribution >= 4 is 23.9 Å². The fourth-order valence-corrected chi connectivity index (χ4v) is 3.57. The summed E-state index contributed by atoms with van der Waals surface area (Å²) in [4.78, 5) is 49.6. The van der Waals surface area contributed by atoms with Gasteiger partial charge in [-0.05, 0) is 12.8 Å². The van der Waals surface area contributed by atoms with Crippen LogP contribution in [0.2, 0.25) is 0 Å². The largest absolute Gasteiger partial charge is 0.391 e. The van der Waals surface area contributed by atoms with Crippen LogP contribution in [0.25, 0.3) is 0 Å². The molecule has 3 fully saturated rings. The van der Waals surface area contributed by atoms with Gasteiger partial charge >= 0.3 is 23.9 Å². The summed E-state index contributed by atoms with van der Waals surface area (Å²) in [6.45, 7) is 0.274. The lowest BCUT2D eigenvalue weighted by Gasteiger charge is -2.45. The number of nitrogens with zero attached hydrogens (tertiary/aromatic N) is 2. The topological polar surface area (TPSA) is 93.2 Å². The Kier molecular flexibility index (Phi) is 4.21. The van der Waals surface area contributed by atoms with E-state index in [1.807, 2.05) is 9.80 Å². The first-order valence-electron chi connectivity index (χ1n) is 7.48. The summed E-state index contributed by atoms with van der Waals surface area (Å²) in [6, 6.07) is -0.0755. The summed E-state index contributed by atoms with van der Waals surface area (Å²) in [5.41, 5.74) is 0. The highest BCUT2D eigenvalue weighted by atomic mass is 16.6. The van der Waals surface area contributed by atoms with Gasteiger partial charge < -0.3 is 9.47 Å². The fraction of sp³-hybridized carbons (Fsp3) is 0.714. The maximum absolute atomic E-state index is 11.5. The Morgan fingerprint density at radius 1 is 0.636 bits per heavy atom. The second kappa shape index (κ2) is 6.13. The zero-order valence-corrected chi connectivity index (χ0v) is 12.2. The van der Waals surface area contributed by atoms with Gasteiger partial charge in [0.05, 0.1) is 26.2 Å². The molecule has 0 amide bonds. The summed E-state index contributed by atoms with van der Waals surface area (Å²) in [7, 11) is 0. The van der Waals surface area contributed by atoms with Crippen LogP contribution >= 0.6 is 0 Å². The number of ether oxygens (including phenoxy) is 2. The molecule has 2 saturated heterocycles. The predicted molar refractivity (Wildman–Crippen MR) is 71.4 cm³/mol. The molecule has 0 aromatic carbocycles. The Morgan fingerprint density at radius 3 is 1.27 bits per heavy atom. The number of cyclic esters (lactones) is 4. The molecule has 1 aliphatic carbocycles. The van der Waals surface area contributed by atoms with Gasteiger partial charge in [-0.1, -0.05) is 12.8 Å². The Labute approximate surface area is 127 Å². The van der Waals surface area contributed by atoms with Crippen LogP contribution in [-0.2, 0) is 28.7 Å². The minimum Gasteiger partial charge on any atom is -0.391 e. The molecule has 0 N–H and O–H groups in total. The van der Waals surface area contributed by atoms with Crippen LogP contribution < -0.4 is 0 Å². The maximum Gasteiger partial charge on any atom is 0.327 e. The highest BCUT2D eigenvalue weighted by molar-refractivity contribution is 5.91. The van der Waals surface area contributed by atoms with Crippen LogP contribution in [0.4, 0.5) is 0 Å². The molecule has 0 aromatic heterocycles. The van der Waals surface area contributed by atoms with Crippen LogP contribution in [0.5, 0.6) is 0 Å². The predicted octanol–water partition coefficient (Wildman–Crippen LogP) is -0.932. The highest BCUT2D eigenvalue weighted by Crippen LogP contribution is 2.28. The van der Waals surface area contributed by atoms with Crippen molar-refractivity contribution in [1.29, 1.82) is 0 Å². The lowest BCUT2D eigenvalue weighted by atomic mass is 9.87. The molecule has 0 unspecified atom stereocenters. The smallest absolute Gasteiger partial charge is 0.327 e. The Balaban J connectivity index is 1.76. The third kappa shape index (κ3) is 3.17. The van der Waals surface area contributed by atoms with E-state index in [1.165, 1.54) is 0 Å². The van der Waals surface area contributed by atoms with Crippen molar-refractivity contribution in [2.45, 2.75) is 37.8 Å². The van der Waals surface area contributed by atoms with Crippen molar-refractivity contribution in [3.8, 4) is 0 Å². The molecule has 22 heavy (non-hydrogen) atoms. The van der Waals surface area contributed by atoms with Crippen molar-refractivity contribution in [3.05, 3.63) is 0 Å². The zero-order valence-electron chi connectivity index (χ0n) is 12.2. The number of morpholine rings is 2. The van der Waals surface area contributed by atoms with Crippen molar-refractivity contribution < 1.29 is 28.7 Å². The first kappa shape index (κ1) is 15.1. The Hall–Kier alpha value is -1.80. The van der Waals surface area contributed by atoms with Crippen LogP contribution in [0, 0.1) is 0 Å². The minimum atomic E-state index is -0.547. The molecule has 1 saturated carbocycles. The quantitative estimate of drug-likeness (QED) is 0.477. The molecule has 2 aliphatic heterocycles. The average molecular weight is 310 g/mol. The summed E-state index contributed by atoms with van der Waals surface area (Å²) in [5, 5.41) is 0. The summed E-state index contributed by atoms with van der Waals surface area (Å²) in [5.74, 6) is -2.19. The zero-order chi connectivity index (χ0) is 15.7. The van der Waals surface area contributed by atoms with E-state index in [-0.39, 0.29) is 38.3 Å². The van der Waals surface area contributed by atoms with E-state index < -0.39 is 23.9 Å². The molecular weight excluding hydrogens is 292 g/mol. The number of hydrogen-bond donors (Lipinski definition) is 0. The third-order valence-corrected chi connectivity index (χ3v) is 4.42. The first-order chi connectivity index (χ1) is 10.5. The molecule has 2 atom stereocenters. The van der Waals surface area contributed by atoms with Gasteiger partial charge in [0.15, 0.2) is 0 Å². The molecule has 0 bridgehead atoms. The van der Waals surface area contributed by atoms with Crippen molar-refractivity contribution in [2.75, 3.05) is 26.2 Å². The normalized spacial score (nSPS) is 31.8. The lowest BCUT2D eigenvalue weighted by Crippen LogP contribution is -2.60. The highest BCUT2D eigenvalue weighted by Gasteiger charge is 2.41. The molecule has 0 spiro atoms. The van der Waals surface area contributed by atoms with Crippen molar-refractivity contribution in [1.82, 2.24) is 9.80 Å². The molecule has 2 heterocycles. The summed E-state index contributed by atoms with van der Waals surface area (Å²) < 4.78 is 9.12. The summed E-state index contributed by atoms with van der Waals surface area (Å²) >= 11 is 0. The van der Waals surface area contributed by atoms with E-state index in [0.717, 1.165) is 25.7 Å². The van der Waals surface area contributed by atoms with Crippen LogP contribution in [0.3, 0.4) is 0 Å². The monoisotopic (exact) mass is 310 g/mol. The molecule has 8 heteroatoms. The number of esters is 4. The Bertz CT molecular complexity index is 441. The van der Waals surface area contributed by atoms with Gasteiger partial charge in [-0.15, -0.1) is 0 Å².